The van der Waals surface area contributed by atoms with E-state index in [2.05, 4.69) is 26.6 Å². The van der Waals surface area contributed by atoms with Crippen molar-refractivity contribution < 1.29 is 9.18 Å². The number of halogens is 2. The Morgan fingerprint density at radius 1 is 1.18 bits per heavy atom. The molecule has 0 spiro atoms. The highest BCUT2D eigenvalue weighted by molar-refractivity contribution is 9.10. The van der Waals surface area contributed by atoms with Crippen molar-refractivity contribution in [2.45, 2.75) is 19.4 Å². The third kappa shape index (κ3) is 4.84. The number of hydrogen-bond acceptors (Lipinski definition) is 1. The molecule has 2 N–H and O–H groups in total. The molecule has 0 radical (unpaired) electrons. The fourth-order valence-electron chi connectivity index (χ4n) is 2.12. The molecule has 3 nitrogen and oxygen atoms in total. The second-order valence-electron chi connectivity index (χ2n) is 5.02. The van der Waals surface area contributed by atoms with Gasteiger partial charge in [-0.05, 0) is 42.7 Å². The first-order valence-corrected chi connectivity index (χ1v) is 7.89. The van der Waals surface area contributed by atoms with E-state index in [1.165, 1.54) is 12.1 Å². The average molecular weight is 365 g/mol. The van der Waals surface area contributed by atoms with Gasteiger partial charge in [0.25, 0.3) is 0 Å². The first-order valence-electron chi connectivity index (χ1n) is 7.09. The molecular weight excluding hydrogens is 347 g/mol. The smallest absolute Gasteiger partial charge is 0.315 e. The van der Waals surface area contributed by atoms with Crippen LogP contribution in [0.1, 0.15) is 24.1 Å². The number of benzene rings is 2. The topological polar surface area (TPSA) is 41.1 Å². The Labute approximate surface area is 138 Å². The molecule has 1 atom stereocenters. The van der Waals surface area contributed by atoms with Gasteiger partial charge < -0.3 is 10.6 Å². The highest BCUT2D eigenvalue weighted by Gasteiger charge is 2.11. The van der Waals surface area contributed by atoms with Crippen LogP contribution in [0.2, 0.25) is 0 Å². The first-order chi connectivity index (χ1) is 10.6. The van der Waals surface area contributed by atoms with Gasteiger partial charge in [-0.2, -0.15) is 0 Å². The zero-order valence-electron chi connectivity index (χ0n) is 12.3. The lowest BCUT2D eigenvalue weighted by molar-refractivity contribution is 0.238. The maximum atomic E-state index is 12.8. The highest BCUT2D eigenvalue weighted by atomic mass is 79.9. The van der Waals surface area contributed by atoms with Crippen molar-refractivity contribution in [1.82, 2.24) is 10.6 Å². The SMILES string of the molecule is C[C@@H](NC(=O)NCCc1ccc(F)cc1)c1ccccc1Br. The van der Waals surface area contributed by atoms with Gasteiger partial charge in [-0.3, -0.25) is 0 Å². The molecule has 0 unspecified atom stereocenters. The Balaban J connectivity index is 1.78. The minimum atomic E-state index is -0.253. The summed E-state index contributed by atoms with van der Waals surface area (Å²) in [6, 6.07) is 13.7. The van der Waals surface area contributed by atoms with Crippen molar-refractivity contribution in [3.05, 3.63) is 69.9 Å². The number of carbonyl (C=O) groups is 1. The van der Waals surface area contributed by atoms with Crippen LogP contribution in [0.4, 0.5) is 9.18 Å². The second-order valence-corrected chi connectivity index (χ2v) is 5.87. The minimum absolute atomic E-state index is 0.0959. The predicted octanol–water partition coefficient (Wildman–Crippen LogP) is 4.19. The van der Waals surface area contributed by atoms with E-state index < -0.39 is 0 Å². The molecule has 0 aliphatic heterocycles. The molecule has 0 aliphatic rings. The Morgan fingerprint density at radius 3 is 2.55 bits per heavy atom. The Hall–Kier alpha value is -1.88. The van der Waals surface area contributed by atoms with Gasteiger partial charge in [0.05, 0.1) is 6.04 Å². The molecule has 0 saturated heterocycles. The molecule has 2 aromatic rings. The van der Waals surface area contributed by atoms with Crippen LogP contribution in [0.3, 0.4) is 0 Å². The Bertz CT molecular complexity index is 631. The third-order valence-electron chi connectivity index (χ3n) is 3.33. The van der Waals surface area contributed by atoms with Gasteiger partial charge in [0.15, 0.2) is 0 Å². The van der Waals surface area contributed by atoms with Crippen molar-refractivity contribution in [3.63, 3.8) is 0 Å². The zero-order chi connectivity index (χ0) is 15.9. The molecule has 2 rings (SSSR count). The molecular formula is C17H18BrFN2O. The van der Waals surface area contributed by atoms with E-state index in [0.29, 0.717) is 13.0 Å². The van der Waals surface area contributed by atoms with Gasteiger partial charge in [-0.1, -0.05) is 46.3 Å². The number of carbonyl (C=O) groups excluding carboxylic acids is 1. The number of urea groups is 1. The monoisotopic (exact) mass is 364 g/mol. The van der Waals surface area contributed by atoms with E-state index in [1.54, 1.807) is 12.1 Å². The zero-order valence-corrected chi connectivity index (χ0v) is 13.9. The van der Waals surface area contributed by atoms with Crippen LogP contribution in [-0.2, 0) is 6.42 Å². The molecule has 0 fully saturated rings. The normalized spacial score (nSPS) is 11.8. The molecule has 0 aliphatic carbocycles. The summed E-state index contributed by atoms with van der Waals surface area (Å²) in [7, 11) is 0. The van der Waals surface area contributed by atoms with E-state index >= 15 is 0 Å². The van der Waals surface area contributed by atoms with Crippen LogP contribution >= 0.6 is 15.9 Å². The summed E-state index contributed by atoms with van der Waals surface area (Å²) in [6.07, 6.45) is 0.664. The number of nitrogens with one attached hydrogen (secondary N) is 2. The lowest BCUT2D eigenvalue weighted by Crippen LogP contribution is -2.38. The Morgan fingerprint density at radius 2 is 1.86 bits per heavy atom. The third-order valence-corrected chi connectivity index (χ3v) is 4.05. The highest BCUT2D eigenvalue weighted by Crippen LogP contribution is 2.22. The lowest BCUT2D eigenvalue weighted by Gasteiger charge is -2.16. The van der Waals surface area contributed by atoms with Gasteiger partial charge in [-0.25, -0.2) is 9.18 Å². The molecule has 0 aromatic heterocycles. The molecule has 0 heterocycles. The van der Waals surface area contributed by atoms with Crippen LogP contribution in [0, 0.1) is 5.82 Å². The van der Waals surface area contributed by atoms with Gasteiger partial charge >= 0.3 is 6.03 Å². The van der Waals surface area contributed by atoms with Gasteiger partial charge in [0.2, 0.25) is 0 Å². The van der Waals surface area contributed by atoms with Crippen LogP contribution in [0.5, 0.6) is 0 Å². The summed E-state index contributed by atoms with van der Waals surface area (Å²) in [5, 5.41) is 5.70. The van der Waals surface area contributed by atoms with Crippen LogP contribution < -0.4 is 10.6 Å². The van der Waals surface area contributed by atoms with Crippen molar-refractivity contribution in [1.29, 1.82) is 0 Å². The fraction of sp³-hybridized carbons (Fsp3) is 0.235. The van der Waals surface area contributed by atoms with E-state index in [0.717, 1.165) is 15.6 Å². The van der Waals surface area contributed by atoms with E-state index in [1.807, 2.05) is 31.2 Å². The average Bonchev–Trinajstić information content (AvgIpc) is 2.49. The molecule has 5 heteroatoms. The summed E-state index contributed by atoms with van der Waals surface area (Å²) < 4.78 is 13.8. The second kappa shape index (κ2) is 7.94. The van der Waals surface area contributed by atoms with Crippen LogP contribution in [0.15, 0.2) is 53.0 Å². The lowest BCUT2D eigenvalue weighted by atomic mass is 10.1. The Kier molecular flexibility index (Phi) is 5.95. The molecule has 116 valence electrons. The van der Waals surface area contributed by atoms with Gasteiger partial charge in [0, 0.05) is 11.0 Å². The maximum Gasteiger partial charge on any atom is 0.315 e. The molecule has 0 saturated carbocycles. The summed E-state index contributed by atoms with van der Waals surface area (Å²) in [6.45, 7) is 2.43. The van der Waals surface area contributed by atoms with E-state index in [9.17, 15) is 9.18 Å². The number of hydrogen-bond donors (Lipinski definition) is 2. The van der Waals surface area contributed by atoms with Crippen LogP contribution in [-0.4, -0.2) is 12.6 Å². The standard InChI is InChI=1S/C17H18BrFN2O/c1-12(15-4-2-3-5-16(15)18)21-17(22)20-11-10-13-6-8-14(19)9-7-13/h2-9,12H,10-11H2,1H3,(H2,20,21,22)/t12-/m1/s1. The van der Waals surface area contributed by atoms with Crippen molar-refractivity contribution in [2.75, 3.05) is 6.54 Å². The van der Waals surface area contributed by atoms with E-state index in [-0.39, 0.29) is 17.9 Å². The van der Waals surface area contributed by atoms with Crippen LogP contribution in [0.25, 0.3) is 0 Å². The summed E-state index contributed by atoms with van der Waals surface area (Å²) in [5.41, 5.74) is 2.01. The minimum Gasteiger partial charge on any atom is -0.338 e. The molecule has 0 bridgehead atoms. The number of rotatable bonds is 5. The van der Waals surface area contributed by atoms with Crippen molar-refractivity contribution >= 4 is 22.0 Å². The summed E-state index contributed by atoms with van der Waals surface area (Å²) in [4.78, 5) is 11.9. The summed E-state index contributed by atoms with van der Waals surface area (Å²) in [5.74, 6) is -0.253. The quantitative estimate of drug-likeness (QED) is 0.820. The largest absolute Gasteiger partial charge is 0.338 e. The fourth-order valence-corrected chi connectivity index (χ4v) is 2.75. The molecule has 2 amide bonds. The first kappa shape index (κ1) is 16.5. The van der Waals surface area contributed by atoms with E-state index in [4.69, 9.17) is 0 Å². The van der Waals surface area contributed by atoms with Crippen molar-refractivity contribution in [3.8, 4) is 0 Å². The van der Waals surface area contributed by atoms with Crippen molar-refractivity contribution in [2.24, 2.45) is 0 Å². The summed E-state index contributed by atoms with van der Waals surface area (Å²) >= 11 is 3.47. The molecule has 22 heavy (non-hydrogen) atoms. The van der Waals surface area contributed by atoms with Gasteiger partial charge in [0.1, 0.15) is 5.82 Å². The molecule has 2 aromatic carbocycles. The number of amides is 2. The maximum absolute atomic E-state index is 12.8. The predicted molar refractivity (Wildman–Crippen MR) is 89.2 cm³/mol. The van der Waals surface area contributed by atoms with Gasteiger partial charge in [-0.15, -0.1) is 0 Å².